The molecule has 0 aliphatic heterocycles. The molecule has 0 unspecified atom stereocenters. The molecule has 0 amide bonds. The molecule has 1 rings (SSSR count). The second kappa shape index (κ2) is 11.9. The summed E-state index contributed by atoms with van der Waals surface area (Å²) >= 11 is 0. The minimum atomic E-state index is -1.89. The summed E-state index contributed by atoms with van der Waals surface area (Å²) in [6, 6.07) is 8.04. The normalized spacial score (nSPS) is 15.1. The zero-order chi connectivity index (χ0) is 22.9. The van der Waals surface area contributed by atoms with Crippen molar-refractivity contribution in [2.75, 3.05) is 27.8 Å². The zero-order valence-electron chi connectivity index (χ0n) is 20.9. The van der Waals surface area contributed by atoms with E-state index in [0.717, 1.165) is 29.9 Å². The molecule has 0 spiro atoms. The van der Waals surface area contributed by atoms with Crippen molar-refractivity contribution in [1.82, 2.24) is 5.01 Å². The number of hydrogen-bond acceptors (Lipinski definition) is 5. The lowest BCUT2D eigenvalue weighted by molar-refractivity contribution is 0.00763. The van der Waals surface area contributed by atoms with Gasteiger partial charge in [-0.3, -0.25) is 0 Å². The van der Waals surface area contributed by atoms with Gasteiger partial charge in [0, 0.05) is 19.8 Å². The van der Waals surface area contributed by atoms with Crippen molar-refractivity contribution in [3.05, 3.63) is 29.8 Å². The third-order valence-electron chi connectivity index (χ3n) is 5.93. The molecule has 30 heavy (non-hydrogen) atoms. The summed E-state index contributed by atoms with van der Waals surface area (Å²) in [7, 11) is 3.71. The number of nitrogens with zero attached hydrogens (tertiary/aromatic N) is 2. The highest BCUT2D eigenvalue weighted by molar-refractivity contribution is 6.74. The van der Waals surface area contributed by atoms with Crippen molar-refractivity contribution < 1.29 is 13.9 Å². The van der Waals surface area contributed by atoms with E-state index < -0.39 is 8.32 Å². The summed E-state index contributed by atoms with van der Waals surface area (Å²) in [5.74, 6) is 1.25. The highest BCUT2D eigenvalue weighted by Gasteiger charge is 2.40. The van der Waals surface area contributed by atoms with Crippen molar-refractivity contribution in [3.8, 4) is 5.75 Å². The van der Waals surface area contributed by atoms with Gasteiger partial charge in [-0.25, -0.2) is 0 Å². The molecule has 0 aliphatic carbocycles. The SMILES string of the molecule is COc1ccc(COC[C@H](O[Si](C)(C)C(C)(C)C)[C@@H](C)CC/C(C)=N/N(C)C)cc1. The predicted molar refractivity (Wildman–Crippen MR) is 130 cm³/mol. The van der Waals surface area contributed by atoms with Crippen LogP contribution in [0.3, 0.4) is 0 Å². The van der Waals surface area contributed by atoms with Crippen molar-refractivity contribution in [3.63, 3.8) is 0 Å². The van der Waals surface area contributed by atoms with Gasteiger partial charge in [-0.05, 0) is 61.5 Å². The van der Waals surface area contributed by atoms with E-state index in [4.69, 9.17) is 13.9 Å². The van der Waals surface area contributed by atoms with Crippen molar-refractivity contribution >= 4 is 14.0 Å². The van der Waals surface area contributed by atoms with Crippen molar-refractivity contribution in [2.45, 2.75) is 78.3 Å². The Morgan fingerprint density at radius 3 is 2.23 bits per heavy atom. The van der Waals surface area contributed by atoms with E-state index in [9.17, 15) is 0 Å². The molecule has 0 fully saturated rings. The van der Waals surface area contributed by atoms with Crippen LogP contribution in [0.1, 0.15) is 53.0 Å². The van der Waals surface area contributed by atoms with E-state index in [0.29, 0.717) is 19.1 Å². The fraction of sp³-hybridized carbons (Fsp3) is 0.708. The minimum absolute atomic E-state index is 0.0799. The van der Waals surface area contributed by atoms with Crippen LogP contribution in [-0.4, -0.2) is 53.0 Å². The molecule has 0 aromatic heterocycles. The molecule has 0 bridgehead atoms. The molecule has 0 N–H and O–H groups in total. The third-order valence-corrected chi connectivity index (χ3v) is 10.4. The molecular formula is C24H44N2O3Si. The highest BCUT2D eigenvalue weighted by atomic mass is 28.4. The second-order valence-corrected chi connectivity index (χ2v) is 14.7. The largest absolute Gasteiger partial charge is 0.497 e. The van der Waals surface area contributed by atoms with E-state index in [1.54, 1.807) is 7.11 Å². The Balaban J connectivity index is 2.77. The fourth-order valence-corrected chi connectivity index (χ4v) is 4.31. The third kappa shape index (κ3) is 9.19. The molecule has 0 radical (unpaired) electrons. The Labute approximate surface area is 185 Å². The molecule has 1 aromatic carbocycles. The maximum atomic E-state index is 6.80. The van der Waals surface area contributed by atoms with Crippen LogP contribution < -0.4 is 4.74 Å². The molecule has 1 aromatic rings. The molecule has 0 saturated heterocycles. The summed E-state index contributed by atoms with van der Waals surface area (Å²) in [5, 5.41) is 6.55. The van der Waals surface area contributed by atoms with Crippen LogP contribution in [0.5, 0.6) is 5.75 Å². The summed E-state index contributed by atoms with van der Waals surface area (Å²) in [6.45, 7) is 17.0. The van der Waals surface area contributed by atoms with Gasteiger partial charge in [-0.2, -0.15) is 5.10 Å². The number of benzene rings is 1. The topological polar surface area (TPSA) is 43.3 Å². The van der Waals surface area contributed by atoms with Gasteiger partial charge < -0.3 is 18.9 Å². The number of ether oxygens (including phenoxy) is 2. The van der Waals surface area contributed by atoms with E-state index in [1.165, 1.54) is 0 Å². The Bertz CT molecular complexity index is 651. The van der Waals surface area contributed by atoms with Crippen molar-refractivity contribution in [2.24, 2.45) is 11.0 Å². The van der Waals surface area contributed by atoms with Crippen LogP contribution in [0.25, 0.3) is 0 Å². The Hall–Kier alpha value is -1.37. The van der Waals surface area contributed by atoms with Gasteiger partial charge in [0.05, 0.1) is 26.4 Å². The van der Waals surface area contributed by atoms with Crippen LogP contribution in [0.2, 0.25) is 18.1 Å². The lowest BCUT2D eigenvalue weighted by atomic mass is 9.98. The maximum absolute atomic E-state index is 6.80. The first-order valence-corrected chi connectivity index (χ1v) is 13.9. The summed E-state index contributed by atoms with van der Waals surface area (Å²) in [6.07, 6.45) is 2.08. The zero-order valence-corrected chi connectivity index (χ0v) is 21.9. The first kappa shape index (κ1) is 26.7. The Morgan fingerprint density at radius 1 is 1.13 bits per heavy atom. The Morgan fingerprint density at radius 2 is 1.73 bits per heavy atom. The molecular weight excluding hydrogens is 392 g/mol. The fourth-order valence-electron chi connectivity index (χ4n) is 2.90. The van der Waals surface area contributed by atoms with E-state index in [2.05, 4.69) is 52.8 Å². The average molecular weight is 437 g/mol. The molecule has 6 heteroatoms. The van der Waals surface area contributed by atoms with Gasteiger partial charge in [0.2, 0.25) is 0 Å². The maximum Gasteiger partial charge on any atom is 0.192 e. The first-order chi connectivity index (χ1) is 13.9. The number of rotatable bonds is 12. The van der Waals surface area contributed by atoms with Gasteiger partial charge in [-0.15, -0.1) is 0 Å². The van der Waals surface area contributed by atoms with Gasteiger partial charge >= 0.3 is 0 Å². The van der Waals surface area contributed by atoms with Gasteiger partial charge in [0.15, 0.2) is 8.32 Å². The first-order valence-electron chi connectivity index (χ1n) is 11.0. The lowest BCUT2D eigenvalue weighted by Gasteiger charge is -2.41. The van der Waals surface area contributed by atoms with Crippen LogP contribution in [0.15, 0.2) is 29.4 Å². The predicted octanol–water partition coefficient (Wildman–Crippen LogP) is 5.96. The van der Waals surface area contributed by atoms with Gasteiger partial charge in [0.25, 0.3) is 0 Å². The summed E-state index contributed by atoms with van der Waals surface area (Å²) in [5.41, 5.74) is 2.29. The monoisotopic (exact) mass is 436 g/mol. The van der Waals surface area contributed by atoms with Gasteiger partial charge in [0.1, 0.15) is 5.75 Å². The molecule has 0 heterocycles. The van der Waals surface area contributed by atoms with Crippen LogP contribution >= 0.6 is 0 Å². The smallest absolute Gasteiger partial charge is 0.192 e. The summed E-state index contributed by atoms with van der Waals surface area (Å²) in [4.78, 5) is 0. The second-order valence-electron chi connectivity index (χ2n) is 9.98. The quantitative estimate of drug-likeness (QED) is 0.230. The average Bonchev–Trinajstić information content (AvgIpc) is 2.64. The van der Waals surface area contributed by atoms with E-state index >= 15 is 0 Å². The van der Waals surface area contributed by atoms with Crippen LogP contribution in [0, 0.1) is 5.92 Å². The standard InChI is InChI=1S/C24H44N2O3Si/c1-19(11-12-20(2)25-26(6)7)23(29-30(9,10)24(3,4)5)18-28-17-21-13-15-22(27-8)16-14-21/h13-16,19,23H,11-12,17-18H2,1-10H3/b25-20+/t19-,23-/m0/s1. The number of hydrogen-bond donors (Lipinski definition) is 0. The number of hydrazone groups is 1. The minimum Gasteiger partial charge on any atom is -0.497 e. The molecule has 5 nitrogen and oxygen atoms in total. The molecule has 0 aliphatic rings. The molecule has 0 saturated carbocycles. The van der Waals surface area contributed by atoms with E-state index in [1.807, 2.05) is 43.4 Å². The summed E-state index contributed by atoms with van der Waals surface area (Å²) < 4.78 is 18.2. The Kier molecular flexibility index (Phi) is 10.5. The highest BCUT2D eigenvalue weighted by Crippen LogP contribution is 2.38. The van der Waals surface area contributed by atoms with Crippen LogP contribution in [-0.2, 0) is 15.8 Å². The number of methoxy groups -OCH3 is 1. The lowest BCUT2D eigenvalue weighted by Crippen LogP contribution is -2.47. The molecule has 172 valence electrons. The van der Waals surface area contributed by atoms with Gasteiger partial charge in [-0.1, -0.05) is 39.8 Å². The molecule has 2 atom stereocenters. The van der Waals surface area contributed by atoms with Crippen molar-refractivity contribution in [1.29, 1.82) is 0 Å². The van der Waals surface area contributed by atoms with Crippen LogP contribution in [0.4, 0.5) is 0 Å². The van der Waals surface area contributed by atoms with E-state index in [-0.39, 0.29) is 11.1 Å².